The van der Waals surface area contributed by atoms with Crippen molar-refractivity contribution in [3.8, 4) is 0 Å². The van der Waals surface area contributed by atoms with Gasteiger partial charge in [0.15, 0.2) is 0 Å². The Kier molecular flexibility index (Phi) is 5.53. The molecule has 0 spiro atoms. The smallest absolute Gasteiger partial charge is 0.279 e. The first-order chi connectivity index (χ1) is 14.5. The average Bonchev–Trinajstić information content (AvgIpc) is 3.20. The Hall–Kier alpha value is -3.59. The van der Waals surface area contributed by atoms with Gasteiger partial charge in [-0.2, -0.15) is 0 Å². The van der Waals surface area contributed by atoms with E-state index in [9.17, 15) is 4.79 Å². The third kappa shape index (κ3) is 4.20. The number of nitrogens with one attached hydrogen (secondary N) is 1. The lowest BCUT2D eigenvalue weighted by atomic mass is 10.2. The monoisotopic (exact) mass is 419 g/mol. The number of aliphatic imine (C=N–C) groups is 1. The number of anilines is 1. The molecule has 2 heterocycles. The van der Waals surface area contributed by atoms with Gasteiger partial charge in [0.05, 0.1) is 17.4 Å². The molecule has 2 aromatic carbocycles. The van der Waals surface area contributed by atoms with Crippen LogP contribution in [0.25, 0.3) is 10.9 Å². The standard InChI is InChI=1S/C21H21N7OS/c1-14-24-18-7-5-4-6-17(18)20(29)28(14)23-13-19-25-26-21(30-19)22-12-15-8-10-16(11-9-15)27(2)3/h4-12,23H,13H2,1-3H3. The van der Waals surface area contributed by atoms with Crippen molar-refractivity contribution in [3.63, 3.8) is 0 Å². The Bertz CT molecular complexity index is 1260. The maximum atomic E-state index is 12.7. The minimum absolute atomic E-state index is 0.137. The van der Waals surface area contributed by atoms with E-state index in [2.05, 4.69) is 25.6 Å². The molecule has 8 nitrogen and oxygen atoms in total. The van der Waals surface area contributed by atoms with Crippen LogP contribution in [0.15, 0.2) is 58.3 Å². The summed E-state index contributed by atoms with van der Waals surface area (Å²) >= 11 is 1.37. The Labute approximate surface area is 177 Å². The zero-order chi connectivity index (χ0) is 21.1. The molecule has 152 valence electrons. The zero-order valence-corrected chi connectivity index (χ0v) is 17.7. The van der Waals surface area contributed by atoms with Crippen molar-refractivity contribution in [1.29, 1.82) is 0 Å². The summed E-state index contributed by atoms with van der Waals surface area (Å²) in [6.45, 7) is 2.14. The first-order valence-electron chi connectivity index (χ1n) is 9.37. The van der Waals surface area contributed by atoms with Crippen LogP contribution in [0.3, 0.4) is 0 Å². The highest BCUT2D eigenvalue weighted by atomic mass is 32.1. The van der Waals surface area contributed by atoms with Crippen LogP contribution in [0, 0.1) is 6.92 Å². The van der Waals surface area contributed by atoms with Gasteiger partial charge in [-0.25, -0.2) is 14.7 Å². The first-order valence-corrected chi connectivity index (χ1v) is 10.2. The van der Waals surface area contributed by atoms with Crippen LogP contribution < -0.4 is 15.9 Å². The minimum Gasteiger partial charge on any atom is -0.378 e. The van der Waals surface area contributed by atoms with Crippen molar-refractivity contribution in [2.75, 3.05) is 24.4 Å². The SMILES string of the molecule is Cc1nc2ccccc2c(=O)n1NCc1nnc(N=Cc2ccc(N(C)C)cc2)s1. The molecule has 0 amide bonds. The van der Waals surface area contributed by atoms with Crippen LogP contribution in [0.5, 0.6) is 0 Å². The summed E-state index contributed by atoms with van der Waals surface area (Å²) in [4.78, 5) is 23.6. The molecule has 0 bridgehead atoms. The van der Waals surface area contributed by atoms with Gasteiger partial charge in [0.2, 0.25) is 5.13 Å². The number of fused-ring (bicyclic) bond motifs is 1. The highest BCUT2D eigenvalue weighted by Gasteiger charge is 2.09. The molecule has 9 heteroatoms. The van der Waals surface area contributed by atoms with Gasteiger partial charge >= 0.3 is 0 Å². The molecule has 0 aliphatic rings. The molecule has 0 radical (unpaired) electrons. The summed E-state index contributed by atoms with van der Waals surface area (Å²) in [5.41, 5.74) is 5.75. The molecule has 1 N–H and O–H groups in total. The molecule has 4 rings (SSSR count). The summed E-state index contributed by atoms with van der Waals surface area (Å²) in [6, 6.07) is 15.4. The molecule has 0 aliphatic heterocycles. The van der Waals surface area contributed by atoms with Crippen molar-refractivity contribution in [1.82, 2.24) is 19.9 Å². The van der Waals surface area contributed by atoms with Crippen LogP contribution in [0.1, 0.15) is 16.4 Å². The second-order valence-corrected chi connectivity index (χ2v) is 7.91. The second-order valence-electron chi connectivity index (χ2n) is 6.87. The highest BCUT2D eigenvalue weighted by molar-refractivity contribution is 7.14. The van der Waals surface area contributed by atoms with E-state index in [0.29, 0.717) is 28.4 Å². The summed E-state index contributed by atoms with van der Waals surface area (Å²) in [5.74, 6) is 0.586. The van der Waals surface area contributed by atoms with Crippen molar-refractivity contribution < 1.29 is 0 Å². The molecular formula is C21H21N7OS. The van der Waals surface area contributed by atoms with Gasteiger partial charge in [-0.3, -0.25) is 4.79 Å². The normalized spacial score (nSPS) is 11.3. The lowest BCUT2D eigenvalue weighted by molar-refractivity contribution is 0.748. The zero-order valence-electron chi connectivity index (χ0n) is 16.9. The Morgan fingerprint density at radius 3 is 2.67 bits per heavy atom. The van der Waals surface area contributed by atoms with Crippen LogP contribution in [0.4, 0.5) is 10.8 Å². The van der Waals surface area contributed by atoms with Crippen molar-refractivity contribution in [3.05, 3.63) is 75.3 Å². The van der Waals surface area contributed by atoms with Gasteiger partial charge in [0.1, 0.15) is 10.8 Å². The largest absolute Gasteiger partial charge is 0.378 e. The van der Waals surface area contributed by atoms with E-state index >= 15 is 0 Å². The van der Waals surface area contributed by atoms with Gasteiger partial charge < -0.3 is 10.3 Å². The fraction of sp³-hybridized carbons (Fsp3) is 0.190. The molecule has 0 atom stereocenters. The molecule has 0 aliphatic carbocycles. The Morgan fingerprint density at radius 2 is 1.90 bits per heavy atom. The quantitative estimate of drug-likeness (QED) is 0.483. The maximum absolute atomic E-state index is 12.7. The number of nitrogens with zero attached hydrogens (tertiary/aromatic N) is 6. The predicted molar refractivity (Wildman–Crippen MR) is 122 cm³/mol. The number of hydrogen-bond donors (Lipinski definition) is 1. The summed E-state index contributed by atoms with van der Waals surface area (Å²) < 4.78 is 1.44. The van der Waals surface area contributed by atoms with Gasteiger partial charge in [-0.1, -0.05) is 35.6 Å². The predicted octanol–water partition coefficient (Wildman–Crippen LogP) is 3.12. The Morgan fingerprint density at radius 1 is 1.13 bits per heavy atom. The summed E-state index contributed by atoms with van der Waals surface area (Å²) in [7, 11) is 4.01. The van der Waals surface area contributed by atoms with Crippen LogP contribution in [-0.4, -0.2) is 40.2 Å². The van der Waals surface area contributed by atoms with Gasteiger partial charge in [-0.15, -0.1) is 10.2 Å². The lowest BCUT2D eigenvalue weighted by Gasteiger charge is -2.11. The van der Waals surface area contributed by atoms with Gasteiger partial charge in [0.25, 0.3) is 5.56 Å². The number of aromatic nitrogens is 4. The first kappa shape index (κ1) is 19.7. The fourth-order valence-electron chi connectivity index (χ4n) is 2.93. The topological polar surface area (TPSA) is 88.3 Å². The van der Waals surface area contributed by atoms with E-state index in [1.807, 2.05) is 61.5 Å². The molecule has 4 aromatic rings. The maximum Gasteiger partial charge on any atom is 0.279 e. The third-order valence-electron chi connectivity index (χ3n) is 4.52. The number of para-hydroxylation sites is 1. The molecule has 0 saturated heterocycles. The molecular weight excluding hydrogens is 398 g/mol. The van der Waals surface area contributed by atoms with E-state index < -0.39 is 0 Å². The molecule has 2 aromatic heterocycles. The highest BCUT2D eigenvalue weighted by Crippen LogP contribution is 2.19. The van der Waals surface area contributed by atoms with E-state index in [1.165, 1.54) is 16.0 Å². The summed E-state index contributed by atoms with van der Waals surface area (Å²) in [5, 5.41) is 10.1. The number of rotatable bonds is 6. The lowest BCUT2D eigenvalue weighted by Crippen LogP contribution is -2.31. The van der Waals surface area contributed by atoms with Crippen molar-refractivity contribution in [2.24, 2.45) is 4.99 Å². The number of hydrogen-bond acceptors (Lipinski definition) is 8. The molecule has 0 unspecified atom stereocenters. The third-order valence-corrected chi connectivity index (χ3v) is 5.35. The molecule has 0 fully saturated rings. The average molecular weight is 420 g/mol. The second kappa shape index (κ2) is 8.42. The van der Waals surface area contributed by atoms with E-state index in [-0.39, 0.29) is 5.56 Å². The van der Waals surface area contributed by atoms with E-state index in [0.717, 1.165) is 16.3 Å². The van der Waals surface area contributed by atoms with Gasteiger partial charge in [0, 0.05) is 26.0 Å². The Balaban J connectivity index is 1.45. The van der Waals surface area contributed by atoms with E-state index in [1.54, 1.807) is 19.2 Å². The number of benzene rings is 2. The minimum atomic E-state index is -0.137. The van der Waals surface area contributed by atoms with Crippen LogP contribution in [-0.2, 0) is 6.54 Å². The van der Waals surface area contributed by atoms with Gasteiger partial charge in [-0.05, 0) is 36.8 Å². The van der Waals surface area contributed by atoms with Crippen molar-refractivity contribution >= 4 is 39.3 Å². The molecule has 30 heavy (non-hydrogen) atoms. The molecule has 0 saturated carbocycles. The number of aryl methyl sites for hydroxylation is 1. The summed E-state index contributed by atoms with van der Waals surface area (Å²) in [6.07, 6.45) is 1.76. The van der Waals surface area contributed by atoms with Crippen LogP contribution >= 0.6 is 11.3 Å². The van der Waals surface area contributed by atoms with Crippen LogP contribution in [0.2, 0.25) is 0 Å². The fourth-order valence-corrected chi connectivity index (χ4v) is 3.55. The van der Waals surface area contributed by atoms with Crippen molar-refractivity contribution in [2.45, 2.75) is 13.5 Å². The van der Waals surface area contributed by atoms with E-state index in [4.69, 9.17) is 0 Å².